The number of amides is 1. The average molecular weight is 278 g/mol. The fraction of sp³-hybridized carbons (Fsp3) is 0.562. The summed E-state index contributed by atoms with van der Waals surface area (Å²) in [5, 5.41) is 6.05. The molecule has 0 aliphatic heterocycles. The van der Waals surface area contributed by atoms with E-state index in [-0.39, 0.29) is 18.1 Å². The van der Waals surface area contributed by atoms with Crippen molar-refractivity contribution in [2.75, 3.05) is 11.9 Å². The zero-order valence-corrected chi connectivity index (χ0v) is 12.9. The molecule has 1 amide bonds. The van der Waals surface area contributed by atoms with Gasteiger partial charge in [-0.2, -0.15) is 0 Å². The third kappa shape index (κ3) is 5.51. The third-order valence-electron chi connectivity index (χ3n) is 3.09. The maximum Gasteiger partial charge on any atom is 0.242 e. The Kier molecular flexibility index (Phi) is 6.91. The minimum atomic E-state index is -0.247. The van der Waals surface area contributed by atoms with E-state index in [0.717, 1.165) is 24.3 Å². The molecule has 0 aliphatic carbocycles. The molecule has 0 fully saturated rings. The molecule has 0 saturated heterocycles. The topological polar surface area (TPSA) is 50.4 Å². The first-order chi connectivity index (χ1) is 9.56. The van der Waals surface area contributed by atoms with E-state index in [1.54, 1.807) is 0 Å². The van der Waals surface area contributed by atoms with Gasteiger partial charge in [-0.1, -0.05) is 13.8 Å². The van der Waals surface area contributed by atoms with Crippen LogP contribution in [0.1, 0.15) is 40.5 Å². The quantitative estimate of drug-likeness (QED) is 0.768. The van der Waals surface area contributed by atoms with Gasteiger partial charge < -0.3 is 15.4 Å². The van der Waals surface area contributed by atoms with E-state index < -0.39 is 0 Å². The van der Waals surface area contributed by atoms with Crippen LogP contribution in [0.5, 0.6) is 5.75 Å². The van der Waals surface area contributed by atoms with Crippen molar-refractivity contribution in [1.82, 2.24) is 5.32 Å². The molecule has 0 aromatic heterocycles. The number of anilines is 1. The van der Waals surface area contributed by atoms with E-state index >= 15 is 0 Å². The van der Waals surface area contributed by atoms with Gasteiger partial charge in [0.1, 0.15) is 11.8 Å². The number of nitrogens with one attached hydrogen (secondary N) is 2. The van der Waals surface area contributed by atoms with E-state index in [4.69, 9.17) is 4.74 Å². The average Bonchev–Trinajstić information content (AvgIpc) is 2.46. The molecule has 20 heavy (non-hydrogen) atoms. The molecule has 4 heteroatoms. The highest BCUT2D eigenvalue weighted by atomic mass is 16.5. The van der Waals surface area contributed by atoms with Crippen molar-refractivity contribution in [1.29, 1.82) is 0 Å². The first kappa shape index (κ1) is 16.3. The largest absolute Gasteiger partial charge is 0.491 e. The number of hydrogen-bond acceptors (Lipinski definition) is 3. The molecule has 0 radical (unpaired) electrons. The van der Waals surface area contributed by atoms with Crippen molar-refractivity contribution >= 4 is 11.6 Å². The van der Waals surface area contributed by atoms with Crippen LogP contribution in [0.3, 0.4) is 0 Å². The van der Waals surface area contributed by atoms with Gasteiger partial charge in [0.15, 0.2) is 0 Å². The van der Waals surface area contributed by atoms with Gasteiger partial charge in [-0.15, -0.1) is 0 Å². The number of carbonyl (C=O) groups excluding carboxylic acids is 1. The van der Waals surface area contributed by atoms with Crippen LogP contribution < -0.4 is 15.4 Å². The molecule has 2 atom stereocenters. The van der Waals surface area contributed by atoms with Gasteiger partial charge in [0.05, 0.1) is 6.10 Å². The fourth-order valence-corrected chi connectivity index (χ4v) is 1.66. The Labute approximate surface area is 121 Å². The van der Waals surface area contributed by atoms with E-state index in [2.05, 4.69) is 17.6 Å². The first-order valence-corrected chi connectivity index (χ1v) is 7.37. The maximum atomic E-state index is 11.8. The van der Waals surface area contributed by atoms with Gasteiger partial charge in [-0.25, -0.2) is 0 Å². The van der Waals surface area contributed by atoms with E-state index in [0.29, 0.717) is 6.54 Å². The van der Waals surface area contributed by atoms with Crippen molar-refractivity contribution in [2.45, 2.75) is 52.7 Å². The Morgan fingerprint density at radius 2 is 1.85 bits per heavy atom. The zero-order chi connectivity index (χ0) is 15.0. The van der Waals surface area contributed by atoms with E-state index in [1.165, 1.54) is 0 Å². The summed E-state index contributed by atoms with van der Waals surface area (Å²) in [4.78, 5) is 11.8. The lowest BCUT2D eigenvalue weighted by atomic mass is 10.2. The molecule has 1 aromatic carbocycles. The monoisotopic (exact) mass is 278 g/mol. The molecule has 2 N–H and O–H groups in total. The van der Waals surface area contributed by atoms with Crippen LogP contribution in [-0.4, -0.2) is 24.6 Å². The molecule has 2 unspecified atom stereocenters. The lowest BCUT2D eigenvalue weighted by molar-refractivity contribution is -0.121. The Hall–Kier alpha value is -1.71. The number of ether oxygens (including phenoxy) is 1. The van der Waals surface area contributed by atoms with Gasteiger partial charge >= 0.3 is 0 Å². The Balaban J connectivity index is 2.50. The molecule has 112 valence electrons. The van der Waals surface area contributed by atoms with E-state index in [1.807, 2.05) is 45.0 Å². The molecule has 4 nitrogen and oxygen atoms in total. The summed E-state index contributed by atoms with van der Waals surface area (Å²) in [6, 6.07) is 7.46. The minimum Gasteiger partial charge on any atom is -0.491 e. The standard InChI is InChI=1S/C16H26N2O2/c1-5-11-17-16(19)13(4)18-14-7-9-15(10-8-14)20-12(3)6-2/h7-10,12-13,18H,5-6,11H2,1-4H3,(H,17,19). The number of carbonyl (C=O) groups is 1. The summed E-state index contributed by atoms with van der Waals surface area (Å²) in [6.07, 6.45) is 2.14. The maximum absolute atomic E-state index is 11.8. The fourth-order valence-electron chi connectivity index (χ4n) is 1.66. The van der Waals surface area contributed by atoms with Crippen molar-refractivity contribution in [3.8, 4) is 5.75 Å². The Morgan fingerprint density at radius 1 is 1.20 bits per heavy atom. The van der Waals surface area contributed by atoms with Gasteiger partial charge in [0, 0.05) is 12.2 Å². The van der Waals surface area contributed by atoms with Crippen molar-refractivity contribution in [2.24, 2.45) is 0 Å². The van der Waals surface area contributed by atoms with Crippen molar-refractivity contribution in [3.05, 3.63) is 24.3 Å². The number of hydrogen-bond donors (Lipinski definition) is 2. The summed E-state index contributed by atoms with van der Waals surface area (Å²) < 4.78 is 5.72. The summed E-state index contributed by atoms with van der Waals surface area (Å²) in [6.45, 7) is 8.75. The van der Waals surface area contributed by atoms with Crippen LogP contribution in [0.25, 0.3) is 0 Å². The van der Waals surface area contributed by atoms with Crippen LogP contribution >= 0.6 is 0 Å². The predicted octanol–water partition coefficient (Wildman–Crippen LogP) is 3.19. The molecular weight excluding hydrogens is 252 g/mol. The first-order valence-electron chi connectivity index (χ1n) is 7.37. The SMILES string of the molecule is CCCNC(=O)C(C)Nc1ccc(OC(C)CC)cc1. The summed E-state index contributed by atoms with van der Waals surface area (Å²) in [7, 11) is 0. The zero-order valence-electron chi connectivity index (χ0n) is 12.9. The second-order valence-corrected chi connectivity index (χ2v) is 5.02. The van der Waals surface area contributed by atoms with Gasteiger partial charge in [0.25, 0.3) is 0 Å². The summed E-state index contributed by atoms with van der Waals surface area (Å²) >= 11 is 0. The summed E-state index contributed by atoms with van der Waals surface area (Å²) in [5.41, 5.74) is 0.917. The van der Waals surface area contributed by atoms with Gasteiger partial charge in [-0.3, -0.25) is 4.79 Å². The molecular formula is C16H26N2O2. The van der Waals surface area contributed by atoms with Crippen LogP contribution in [0.15, 0.2) is 24.3 Å². The van der Waals surface area contributed by atoms with Gasteiger partial charge in [0.2, 0.25) is 5.91 Å². The highest BCUT2D eigenvalue weighted by Gasteiger charge is 2.11. The smallest absolute Gasteiger partial charge is 0.242 e. The van der Waals surface area contributed by atoms with Crippen LogP contribution in [0.2, 0.25) is 0 Å². The third-order valence-corrected chi connectivity index (χ3v) is 3.09. The highest BCUT2D eigenvalue weighted by Crippen LogP contribution is 2.18. The second-order valence-electron chi connectivity index (χ2n) is 5.02. The summed E-state index contributed by atoms with van der Waals surface area (Å²) in [5.74, 6) is 0.875. The lowest BCUT2D eigenvalue weighted by Gasteiger charge is -2.16. The molecule has 0 saturated carbocycles. The Morgan fingerprint density at radius 3 is 2.40 bits per heavy atom. The van der Waals surface area contributed by atoms with Crippen LogP contribution in [0, 0.1) is 0 Å². The number of benzene rings is 1. The van der Waals surface area contributed by atoms with Crippen LogP contribution in [-0.2, 0) is 4.79 Å². The van der Waals surface area contributed by atoms with Crippen molar-refractivity contribution in [3.63, 3.8) is 0 Å². The normalized spacial score (nSPS) is 13.4. The molecule has 0 heterocycles. The molecule has 1 rings (SSSR count). The molecule has 0 aliphatic rings. The predicted molar refractivity (Wildman–Crippen MR) is 83.2 cm³/mol. The molecule has 0 spiro atoms. The lowest BCUT2D eigenvalue weighted by Crippen LogP contribution is -2.37. The molecule has 1 aromatic rings. The minimum absolute atomic E-state index is 0.0202. The number of rotatable bonds is 8. The molecule has 0 bridgehead atoms. The van der Waals surface area contributed by atoms with Crippen molar-refractivity contribution < 1.29 is 9.53 Å². The van der Waals surface area contributed by atoms with Gasteiger partial charge in [-0.05, 0) is 51.0 Å². The second kappa shape index (κ2) is 8.46. The highest BCUT2D eigenvalue weighted by molar-refractivity contribution is 5.84. The van der Waals surface area contributed by atoms with E-state index in [9.17, 15) is 4.79 Å². The Bertz CT molecular complexity index is 403. The van der Waals surface area contributed by atoms with Crippen LogP contribution in [0.4, 0.5) is 5.69 Å².